The molecule has 1 aromatic heterocycles. The second kappa shape index (κ2) is 5.20. The van der Waals surface area contributed by atoms with Gasteiger partial charge >= 0.3 is 6.09 Å². The zero-order valence-electron chi connectivity index (χ0n) is 12.1. The Kier molecular flexibility index (Phi) is 3.90. The molecule has 1 N–H and O–H groups in total. The summed E-state index contributed by atoms with van der Waals surface area (Å²) < 4.78 is 6.00. The van der Waals surface area contributed by atoms with Crippen molar-refractivity contribution in [2.24, 2.45) is 0 Å². The van der Waals surface area contributed by atoms with Gasteiger partial charge in [0.1, 0.15) is 16.0 Å². The first-order valence-corrected chi connectivity index (χ1v) is 7.20. The van der Waals surface area contributed by atoms with Gasteiger partial charge in [0.2, 0.25) is 0 Å². The lowest BCUT2D eigenvalue weighted by Crippen LogP contribution is -2.66. The molecule has 1 saturated heterocycles. The SMILES string of the molecule is CC1(Nc2cncc(Br)n2)CN(C(=O)OC(C)(C)C)C1. The van der Waals surface area contributed by atoms with Crippen LogP contribution in [0.4, 0.5) is 10.6 Å². The summed E-state index contributed by atoms with van der Waals surface area (Å²) in [6.45, 7) is 8.78. The molecular weight excluding hydrogens is 324 g/mol. The van der Waals surface area contributed by atoms with Crippen molar-refractivity contribution in [3.05, 3.63) is 17.0 Å². The third-order valence-corrected chi connectivity index (χ3v) is 3.15. The fraction of sp³-hybridized carbons (Fsp3) is 0.615. The van der Waals surface area contributed by atoms with E-state index in [1.54, 1.807) is 17.3 Å². The van der Waals surface area contributed by atoms with Crippen LogP contribution in [0.15, 0.2) is 17.0 Å². The predicted octanol–water partition coefficient (Wildman–Crippen LogP) is 2.66. The first kappa shape index (κ1) is 15.0. The average Bonchev–Trinajstić information content (AvgIpc) is 2.23. The second-order valence-electron chi connectivity index (χ2n) is 6.25. The third-order valence-electron chi connectivity index (χ3n) is 2.77. The van der Waals surface area contributed by atoms with Crippen molar-refractivity contribution < 1.29 is 9.53 Å². The number of carbonyl (C=O) groups is 1. The van der Waals surface area contributed by atoms with Crippen LogP contribution < -0.4 is 5.32 Å². The van der Waals surface area contributed by atoms with Crippen LogP contribution in [-0.4, -0.2) is 45.2 Å². The molecule has 0 saturated carbocycles. The van der Waals surface area contributed by atoms with Crippen molar-refractivity contribution in [2.45, 2.75) is 38.8 Å². The molecule has 2 heterocycles. The summed E-state index contributed by atoms with van der Waals surface area (Å²) >= 11 is 3.28. The Morgan fingerprint density at radius 3 is 2.65 bits per heavy atom. The molecular formula is C13H19BrN4O2. The maximum Gasteiger partial charge on any atom is 0.410 e. The molecule has 0 spiro atoms. The number of carbonyl (C=O) groups excluding carboxylic acids is 1. The van der Waals surface area contributed by atoms with E-state index in [1.807, 2.05) is 27.7 Å². The number of likely N-dealkylation sites (tertiary alicyclic amines) is 1. The summed E-state index contributed by atoms with van der Waals surface area (Å²) in [7, 11) is 0. The maximum atomic E-state index is 11.9. The molecule has 2 rings (SSSR count). The van der Waals surface area contributed by atoms with Gasteiger partial charge in [-0.3, -0.25) is 4.98 Å². The fourth-order valence-electron chi connectivity index (χ4n) is 2.04. The van der Waals surface area contributed by atoms with Gasteiger partial charge < -0.3 is 15.0 Å². The molecule has 6 nitrogen and oxygen atoms in total. The van der Waals surface area contributed by atoms with Crippen LogP contribution in [0.2, 0.25) is 0 Å². The Hall–Kier alpha value is -1.37. The summed E-state index contributed by atoms with van der Waals surface area (Å²) in [5.41, 5.74) is -0.668. The van der Waals surface area contributed by atoms with Gasteiger partial charge in [-0.1, -0.05) is 0 Å². The highest BCUT2D eigenvalue weighted by atomic mass is 79.9. The summed E-state index contributed by atoms with van der Waals surface area (Å²) in [5, 5.41) is 3.29. The lowest BCUT2D eigenvalue weighted by molar-refractivity contribution is -0.00129. The topological polar surface area (TPSA) is 67.4 Å². The summed E-state index contributed by atoms with van der Waals surface area (Å²) in [6, 6.07) is 0. The van der Waals surface area contributed by atoms with Crippen LogP contribution in [0.1, 0.15) is 27.7 Å². The maximum absolute atomic E-state index is 11.9. The van der Waals surface area contributed by atoms with E-state index in [4.69, 9.17) is 4.74 Å². The number of halogens is 1. The number of amides is 1. The summed E-state index contributed by atoms with van der Waals surface area (Å²) in [5.74, 6) is 0.686. The Bertz CT molecular complexity index is 509. The van der Waals surface area contributed by atoms with Gasteiger partial charge in [0.25, 0.3) is 0 Å². The van der Waals surface area contributed by atoms with E-state index < -0.39 is 5.60 Å². The van der Waals surface area contributed by atoms with Crippen LogP contribution in [0.3, 0.4) is 0 Å². The van der Waals surface area contributed by atoms with Crippen LogP contribution >= 0.6 is 15.9 Å². The van der Waals surface area contributed by atoms with E-state index >= 15 is 0 Å². The lowest BCUT2D eigenvalue weighted by atomic mass is 9.93. The molecule has 1 amide bonds. The quantitative estimate of drug-likeness (QED) is 0.894. The van der Waals surface area contributed by atoms with Crippen LogP contribution in [0.5, 0.6) is 0 Å². The molecule has 1 aliphatic heterocycles. The highest BCUT2D eigenvalue weighted by molar-refractivity contribution is 9.10. The van der Waals surface area contributed by atoms with E-state index in [1.165, 1.54) is 0 Å². The van der Waals surface area contributed by atoms with Gasteiger partial charge in [0, 0.05) is 13.1 Å². The minimum atomic E-state index is -0.466. The number of ether oxygens (including phenoxy) is 1. The van der Waals surface area contributed by atoms with E-state index in [2.05, 4.69) is 31.2 Å². The molecule has 1 aliphatic rings. The molecule has 0 radical (unpaired) electrons. The average molecular weight is 343 g/mol. The Morgan fingerprint density at radius 2 is 2.10 bits per heavy atom. The van der Waals surface area contributed by atoms with Gasteiger partial charge in [-0.05, 0) is 43.6 Å². The number of anilines is 1. The van der Waals surface area contributed by atoms with E-state index in [0.717, 1.165) is 0 Å². The highest BCUT2D eigenvalue weighted by Gasteiger charge is 2.43. The largest absolute Gasteiger partial charge is 0.444 e. The van der Waals surface area contributed by atoms with Gasteiger partial charge in [-0.15, -0.1) is 0 Å². The van der Waals surface area contributed by atoms with Crippen molar-refractivity contribution in [1.29, 1.82) is 0 Å². The lowest BCUT2D eigenvalue weighted by Gasteiger charge is -2.48. The molecule has 110 valence electrons. The van der Waals surface area contributed by atoms with Crippen molar-refractivity contribution in [2.75, 3.05) is 18.4 Å². The predicted molar refractivity (Wildman–Crippen MR) is 79.6 cm³/mol. The molecule has 0 aliphatic carbocycles. The Labute approximate surface area is 127 Å². The zero-order chi connectivity index (χ0) is 15.0. The number of nitrogens with one attached hydrogen (secondary N) is 1. The molecule has 20 heavy (non-hydrogen) atoms. The molecule has 7 heteroatoms. The van der Waals surface area contributed by atoms with Crippen LogP contribution in [0.25, 0.3) is 0 Å². The van der Waals surface area contributed by atoms with Gasteiger partial charge in [0.15, 0.2) is 0 Å². The fourth-order valence-corrected chi connectivity index (χ4v) is 2.35. The first-order chi connectivity index (χ1) is 9.17. The minimum absolute atomic E-state index is 0.202. The third kappa shape index (κ3) is 3.82. The van der Waals surface area contributed by atoms with Crippen LogP contribution in [-0.2, 0) is 4.74 Å². The molecule has 0 unspecified atom stereocenters. The van der Waals surface area contributed by atoms with Crippen molar-refractivity contribution in [3.8, 4) is 0 Å². The zero-order valence-corrected chi connectivity index (χ0v) is 13.7. The van der Waals surface area contributed by atoms with Crippen molar-refractivity contribution in [1.82, 2.24) is 14.9 Å². The van der Waals surface area contributed by atoms with Crippen LogP contribution in [0, 0.1) is 0 Å². The Balaban J connectivity index is 1.89. The number of nitrogens with zero attached hydrogens (tertiary/aromatic N) is 3. The minimum Gasteiger partial charge on any atom is -0.444 e. The van der Waals surface area contributed by atoms with Gasteiger partial charge in [-0.25, -0.2) is 9.78 Å². The normalized spacial score (nSPS) is 17.4. The smallest absolute Gasteiger partial charge is 0.410 e. The van der Waals surface area contributed by atoms with Crippen molar-refractivity contribution >= 4 is 27.8 Å². The summed E-state index contributed by atoms with van der Waals surface area (Å²) in [4.78, 5) is 21.9. The Morgan fingerprint density at radius 1 is 1.45 bits per heavy atom. The monoisotopic (exact) mass is 342 g/mol. The molecule has 1 aromatic rings. The van der Waals surface area contributed by atoms with Gasteiger partial charge in [-0.2, -0.15) is 0 Å². The van der Waals surface area contributed by atoms with E-state index in [0.29, 0.717) is 23.5 Å². The first-order valence-electron chi connectivity index (χ1n) is 6.41. The highest BCUT2D eigenvalue weighted by Crippen LogP contribution is 2.26. The second-order valence-corrected chi connectivity index (χ2v) is 7.06. The number of aromatic nitrogens is 2. The summed E-state index contributed by atoms with van der Waals surface area (Å²) in [6.07, 6.45) is 3.00. The van der Waals surface area contributed by atoms with Crippen molar-refractivity contribution in [3.63, 3.8) is 0 Å². The molecule has 0 aromatic carbocycles. The van der Waals surface area contributed by atoms with Gasteiger partial charge in [0.05, 0.1) is 17.9 Å². The number of hydrogen-bond acceptors (Lipinski definition) is 5. The molecule has 1 fully saturated rings. The molecule has 0 bridgehead atoms. The van der Waals surface area contributed by atoms with E-state index in [9.17, 15) is 4.79 Å². The number of rotatable bonds is 2. The molecule has 0 atom stereocenters. The number of hydrogen-bond donors (Lipinski definition) is 1. The standard InChI is InChI=1S/C13H19BrN4O2/c1-12(2,3)20-11(19)18-7-13(4,8-18)17-10-6-15-5-9(14)16-10/h5-6H,7-8H2,1-4H3,(H,16,17). The van der Waals surface area contributed by atoms with E-state index in [-0.39, 0.29) is 11.6 Å².